The standard InChI is InChI=1S/C23H22N2O3S/c1-13-6-5-7-17-14(2)10-20(24-22(13)17)29-15(3)23(27)16-8-9-19-18(11-16)25(4)21(26)12-28-19/h5-11,15H,12H2,1-4H3. The van der Waals surface area contributed by atoms with E-state index in [1.807, 2.05) is 32.0 Å². The lowest BCUT2D eigenvalue weighted by Gasteiger charge is -2.26. The summed E-state index contributed by atoms with van der Waals surface area (Å²) in [5.74, 6) is 0.482. The lowest BCUT2D eigenvalue weighted by atomic mass is 10.1. The van der Waals surface area contributed by atoms with Crippen LogP contribution in [0.5, 0.6) is 5.75 Å². The first kappa shape index (κ1) is 19.5. The fraction of sp³-hybridized carbons (Fsp3) is 0.261. The summed E-state index contributed by atoms with van der Waals surface area (Å²) >= 11 is 1.45. The van der Waals surface area contributed by atoms with Gasteiger partial charge in [0.05, 0.1) is 21.5 Å². The summed E-state index contributed by atoms with van der Waals surface area (Å²) in [7, 11) is 1.69. The molecule has 1 aliphatic rings. The predicted octanol–water partition coefficient (Wildman–Crippen LogP) is 4.57. The van der Waals surface area contributed by atoms with Gasteiger partial charge in [-0.2, -0.15) is 0 Å². The molecular weight excluding hydrogens is 384 g/mol. The van der Waals surface area contributed by atoms with Gasteiger partial charge in [0.25, 0.3) is 5.91 Å². The van der Waals surface area contributed by atoms with Crippen molar-refractivity contribution in [2.45, 2.75) is 31.0 Å². The van der Waals surface area contributed by atoms with Crippen molar-refractivity contribution in [2.75, 3.05) is 18.6 Å². The van der Waals surface area contributed by atoms with E-state index in [2.05, 4.69) is 13.0 Å². The zero-order chi connectivity index (χ0) is 20.7. The third-order valence-corrected chi connectivity index (χ3v) is 6.24. The second-order valence-corrected chi connectivity index (χ2v) is 8.66. The van der Waals surface area contributed by atoms with Crippen LogP contribution in [0.2, 0.25) is 0 Å². The number of ether oxygens (including phenoxy) is 1. The number of carbonyl (C=O) groups is 2. The number of benzene rings is 2. The number of anilines is 1. The van der Waals surface area contributed by atoms with Crippen LogP contribution in [-0.2, 0) is 4.79 Å². The molecule has 1 aliphatic heterocycles. The van der Waals surface area contributed by atoms with Crippen molar-refractivity contribution in [2.24, 2.45) is 0 Å². The van der Waals surface area contributed by atoms with Crippen LogP contribution in [0.1, 0.15) is 28.4 Å². The number of amides is 1. The molecule has 1 amide bonds. The Morgan fingerprint density at radius 1 is 1.17 bits per heavy atom. The fourth-order valence-corrected chi connectivity index (χ4v) is 4.48. The number of aromatic nitrogens is 1. The van der Waals surface area contributed by atoms with Crippen LogP contribution in [0, 0.1) is 13.8 Å². The van der Waals surface area contributed by atoms with Crippen LogP contribution in [0.3, 0.4) is 0 Å². The zero-order valence-corrected chi connectivity index (χ0v) is 17.7. The number of hydrogen-bond donors (Lipinski definition) is 0. The van der Waals surface area contributed by atoms with Gasteiger partial charge in [-0.1, -0.05) is 30.0 Å². The Morgan fingerprint density at radius 2 is 1.97 bits per heavy atom. The predicted molar refractivity (Wildman–Crippen MR) is 116 cm³/mol. The Kier molecular flexibility index (Phi) is 5.04. The Morgan fingerprint density at radius 3 is 2.76 bits per heavy atom. The number of thioether (sulfide) groups is 1. The monoisotopic (exact) mass is 406 g/mol. The molecule has 0 spiro atoms. The molecule has 6 heteroatoms. The van der Waals surface area contributed by atoms with E-state index >= 15 is 0 Å². The number of hydrogen-bond acceptors (Lipinski definition) is 5. The van der Waals surface area contributed by atoms with E-state index in [-0.39, 0.29) is 23.5 Å². The van der Waals surface area contributed by atoms with Crippen molar-refractivity contribution in [3.63, 3.8) is 0 Å². The number of fused-ring (bicyclic) bond motifs is 2. The van der Waals surface area contributed by atoms with E-state index in [9.17, 15) is 9.59 Å². The lowest BCUT2D eigenvalue weighted by Crippen LogP contribution is -2.35. The second kappa shape index (κ2) is 7.52. The molecule has 1 atom stereocenters. The minimum Gasteiger partial charge on any atom is -0.482 e. The third kappa shape index (κ3) is 3.60. The molecule has 148 valence electrons. The van der Waals surface area contributed by atoms with E-state index in [1.165, 1.54) is 16.7 Å². The minimum absolute atomic E-state index is 0.00597. The molecule has 2 heterocycles. The molecule has 1 unspecified atom stereocenters. The van der Waals surface area contributed by atoms with E-state index in [1.54, 1.807) is 25.2 Å². The first-order valence-corrected chi connectivity index (χ1v) is 10.3. The molecule has 2 aromatic carbocycles. The maximum absolute atomic E-state index is 13.0. The molecule has 5 nitrogen and oxygen atoms in total. The molecule has 0 radical (unpaired) electrons. The quantitative estimate of drug-likeness (QED) is 0.469. The first-order valence-electron chi connectivity index (χ1n) is 9.46. The van der Waals surface area contributed by atoms with E-state index in [4.69, 9.17) is 9.72 Å². The highest BCUT2D eigenvalue weighted by Gasteiger charge is 2.25. The SMILES string of the molecule is Cc1cc(SC(C)C(=O)c2ccc3c(c2)N(C)C(=O)CO3)nc2c(C)cccc12. The molecule has 29 heavy (non-hydrogen) atoms. The van der Waals surface area contributed by atoms with Crippen LogP contribution < -0.4 is 9.64 Å². The molecule has 0 fully saturated rings. The number of para-hydroxylation sites is 1. The molecule has 0 N–H and O–H groups in total. The molecule has 0 aliphatic carbocycles. The summed E-state index contributed by atoms with van der Waals surface area (Å²) in [5, 5.41) is 1.65. The maximum atomic E-state index is 13.0. The van der Waals surface area contributed by atoms with Crippen molar-refractivity contribution in [3.8, 4) is 5.75 Å². The van der Waals surface area contributed by atoms with Gasteiger partial charge in [0, 0.05) is 18.0 Å². The van der Waals surface area contributed by atoms with Gasteiger partial charge in [-0.25, -0.2) is 4.98 Å². The molecule has 0 bridgehead atoms. The maximum Gasteiger partial charge on any atom is 0.264 e. The van der Waals surface area contributed by atoms with Gasteiger partial charge in [0.1, 0.15) is 5.75 Å². The third-order valence-electron chi connectivity index (χ3n) is 5.22. The van der Waals surface area contributed by atoms with Crippen LogP contribution in [-0.4, -0.2) is 35.6 Å². The summed E-state index contributed by atoms with van der Waals surface area (Å²) in [5.41, 5.74) is 4.42. The summed E-state index contributed by atoms with van der Waals surface area (Å²) < 4.78 is 5.44. The van der Waals surface area contributed by atoms with Crippen molar-refractivity contribution in [1.29, 1.82) is 0 Å². The number of carbonyl (C=O) groups excluding carboxylic acids is 2. The van der Waals surface area contributed by atoms with E-state index in [0.29, 0.717) is 17.0 Å². The zero-order valence-electron chi connectivity index (χ0n) is 16.9. The van der Waals surface area contributed by atoms with E-state index < -0.39 is 0 Å². The molecule has 3 aromatic rings. The number of ketones is 1. The molecular formula is C23H22N2O3S. The van der Waals surface area contributed by atoms with Gasteiger partial charge in [0.15, 0.2) is 12.4 Å². The average molecular weight is 407 g/mol. The van der Waals surface area contributed by atoms with Gasteiger partial charge in [-0.15, -0.1) is 0 Å². The average Bonchev–Trinajstić information content (AvgIpc) is 2.71. The highest BCUT2D eigenvalue weighted by atomic mass is 32.2. The van der Waals surface area contributed by atoms with Gasteiger partial charge < -0.3 is 9.64 Å². The normalized spacial score (nSPS) is 14.5. The summed E-state index contributed by atoms with van der Waals surface area (Å²) in [6.45, 7) is 6.02. The molecule has 1 aromatic heterocycles. The first-order chi connectivity index (χ1) is 13.8. The van der Waals surface area contributed by atoms with Gasteiger partial charge in [0.2, 0.25) is 0 Å². The number of aryl methyl sites for hydroxylation is 2. The Bertz CT molecular complexity index is 1140. The number of pyridine rings is 1. The van der Waals surface area contributed by atoms with Gasteiger partial charge in [-0.3, -0.25) is 9.59 Å². The highest BCUT2D eigenvalue weighted by Crippen LogP contribution is 2.34. The minimum atomic E-state index is -0.313. The van der Waals surface area contributed by atoms with Crippen molar-refractivity contribution >= 4 is 40.0 Å². The lowest BCUT2D eigenvalue weighted by molar-refractivity contribution is -0.120. The largest absolute Gasteiger partial charge is 0.482 e. The van der Waals surface area contributed by atoms with Crippen molar-refractivity contribution in [1.82, 2.24) is 4.98 Å². The van der Waals surface area contributed by atoms with Crippen LogP contribution in [0.15, 0.2) is 47.5 Å². The Hall–Kier alpha value is -2.86. The Balaban J connectivity index is 1.60. The summed E-state index contributed by atoms with van der Waals surface area (Å²) in [6, 6.07) is 13.4. The molecule has 4 rings (SSSR count). The van der Waals surface area contributed by atoms with Crippen LogP contribution >= 0.6 is 11.8 Å². The van der Waals surface area contributed by atoms with Crippen molar-refractivity contribution in [3.05, 3.63) is 59.2 Å². The Labute approximate surface area is 174 Å². The molecule has 0 saturated carbocycles. The smallest absolute Gasteiger partial charge is 0.264 e. The second-order valence-electron chi connectivity index (χ2n) is 7.30. The number of likely N-dealkylation sites (N-methyl/N-ethyl adjacent to an activating group) is 1. The van der Waals surface area contributed by atoms with Gasteiger partial charge in [-0.05, 0) is 56.2 Å². The summed E-state index contributed by atoms with van der Waals surface area (Å²) in [4.78, 5) is 31.2. The van der Waals surface area contributed by atoms with Crippen LogP contribution in [0.25, 0.3) is 10.9 Å². The highest BCUT2D eigenvalue weighted by molar-refractivity contribution is 8.00. The number of nitrogens with zero attached hydrogens (tertiary/aromatic N) is 2. The van der Waals surface area contributed by atoms with Crippen molar-refractivity contribution < 1.29 is 14.3 Å². The van der Waals surface area contributed by atoms with E-state index in [0.717, 1.165) is 27.1 Å². The van der Waals surface area contributed by atoms with Crippen LogP contribution in [0.4, 0.5) is 5.69 Å². The number of rotatable bonds is 4. The fourth-order valence-electron chi connectivity index (χ4n) is 3.49. The topological polar surface area (TPSA) is 59.5 Å². The molecule has 0 saturated heterocycles. The van der Waals surface area contributed by atoms with Gasteiger partial charge >= 0.3 is 0 Å². The summed E-state index contributed by atoms with van der Waals surface area (Å²) in [6.07, 6.45) is 0. The number of Topliss-reactive ketones (excluding diaryl/α,β-unsaturated/α-hetero) is 1.